The van der Waals surface area contributed by atoms with Gasteiger partial charge in [0.05, 0.1) is 53.0 Å². The molecule has 0 unspecified atom stereocenters. The number of hydrogen-bond donors (Lipinski definition) is 3. The quantitative estimate of drug-likeness (QED) is 0.297. The molecule has 0 radical (unpaired) electrons. The molecular formula is C26H23FN8O2S. The predicted molar refractivity (Wildman–Crippen MR) is 143 cm³/mol. The summed E-state index contributed by atoms with van der Waals surface area (Å²) in [4.78, 5) is 16.7. The molecule has 0 aliphatic carbocycles. The summed E-state index contributed by atoms with van der Waals surface area (Å²) in [5, 5.41) is 9.29. The van der Waals surface area contributed by atoms with Gasteiger partial charge in [0, 0.05) is 36.1 Å². The normalized spacial score (nSPS) is 12.1. The number of H-pyrrole nitrogens is 2. The molecule has 0 aliphatic rings. The van der Waals surface area contributed by atoms with Crippen molar-refractivity contribution in [2.45, 2.75) is 13.5 Å². The zero-order valence-corrected chi connectivity index (χ0v) is 21.6. The molecule has 38 heavy (non-hydrogen) atoms. The molecule has 3 N–H and O–H groups in total. The summed E-state index contributed by atoms with van der Waals surface area (Å²) in [6.45, 7) is 1.92. The zero-order chi connectivity index (χ0) is 26.6. The van der Waals surface area contributed by atoms with Gasteiger partial charge in [0.25, 0.3) is 0 Å². The van der Waals surface area contributed by atoms with Crippen molar-refractivity contribution in [3.63, 3.8) is 0 Å². The van der Waals surface area contributed by atoms with Crippen molar-refractivity contribution in [3.8, 4) is 33.9 Å². The Morgan fingerprint density at radius 1 is 1.00 bits per heavy atom. The van der Waals surface area contributed by atoms with Gasteiger partial charge in [-0.1, -0.05) is 0 Å². The lowest BCUT2D eigenvalue weighted by molar-refractivity contribution is 0.586. The first-order chi connectivity index (χ1) is 18.2. The highest BCUT2D eigenvalue weighted by Crippen LogP contribution is 2.35. The molecule has 12 heteroatoms. The number of halogens is 1. The monoisotopic (exact) mass is 530 g/mol. The van der Waals surface area contributed by atoms with Crippen LogP contribution in [-0.2, 0) is 23.6 Å². The third kappa shape index (κ3) is 4.33. The Kier molecular flexibility index (Phi) is 5.58. The van der Waals surface area contributed by atoms with E-state index in [-0.39, 0.29) is 6.54 Å². The number of fused-ring (bicyclic) bond motifs is 2. The number of hydrogen-bond acceptors (Lipinski definition) is 6. The summed E-state index contributed by atoms with van der Waals surface area (Å²) in [5.74, 6) is 0.418. The number of benzene rings is 1. The Hall–Kier alpha value is -4.42. The highest BCUT2D eigenvalue weighted by molar-refractivity contribution is 7.88. The Bertz CT molecular complexity index is 1960. The second kappa shape index (κ2) is 8.85. The van der Waals surface area contributed by atoms with Crippen LogP contribution in [0.25, 0.3) is 55.7 Å². The molecule has 5 aromatic heterocycles. The first kappa shape index (κ1) is 23.9. The maximum atomic E-state index is 14.5. The van der Waals surface area contributed by atoms with Gasteiger partial charge in [-0.25, -0.2) is 22.5 Å². The van der Waals surface area contributed by atoms with Gasteiger partial charge >= 0.3 is 0 Å². The molecule has 0 atom stereocenters. The molecule has 0 amide bonds. The van der Waals surface area contributed by atoms with Gasteiger partial charge in [0.1, 0.15) is 17.3 Å². The number of sulfonamides is 1. The molecule has 0 spiro atoms. The largest absolute Gasteiger partial charge is 0.352 e. The van der Waals surface area contributed by atoms with Gasteiger partial charge in [-0.15, -0.1) is 0 Å². The van der Waals surface area contributed by atoms with Gasteiger partial charge in [-0.2, -0.15) is 5.10 Å². The van der Waals surface area contributed by atoms with Crippen LogP contribution in [0.2, 0.25) is 0 Å². The summed E-state index contributed by atoms with van der Waals surface area (Å²) in [6.07, 6.45) is 7.97. The summed E-state index contributed by atoms with van der Waals surface area (Å²) in [6, 6.07) is 8.40. The third-order valence-corrected chi connectivity index (χ3v) is 7.21. The first-order valence-electron chi connectivity index (χ1n) is 11.7. The maximum absolute atomic E-state index is 14.5. The molecule has 0 aliphatic heterocycles. The molecule has 0 saturated carbocycles. The molecular weight excluding hydrogens is 507 g/mol. The van der Waals surface area contributed by atoms with Crippen LogP contribution >= 0.6 is 0 Å². The number of imidazole rings is 1. The van der Waals surface area contributed by atoms with Crippen molar-refractivity contribution in [1.82, 2.24) is 39.4 Å². The molecule has 6 rings (SSSR count). The van der Waals surface area contributed by atoms with E-state index in [0.29, 0.717) is 22.4 Å². The van der Waals surface area contributed by atoms with E-state index in [1.165, 1.54) is 12.1 Å². The number of aryl methyl sites for hydroxylation is 1. The Morgan fingerprint density at radius 2 is 1.84 bits per heavy atom. The van der Waals surface area contributed by atoms with E-state index < -0.39 is 15.8 Å². The summed E-state index contributed by atoms with van der Waals surface area (Å²) < 4.78 is 41.9. The van der Waals surface area contributed by atoms with Crippen LogP contribution in [0.5, 0.6) is 0 Å². The zero-order valence-electron chi connectivity index (χ0n) is 20.7. The topological polar surface area (TPSA) is 134 Å². The lowest BCUT2D eigenvalue weighted by atomic mass is 10.0. The van der Waals surface area contributed by atoms with Gasteiger partial charge in [-0.3, -0.25) is 15.1 Å². The number of aromatic nitrogens is 7. The van der Waals surface area contributed by atoms with Crippen LogP contribution in [0.15, 0.2) is 55.1 Å². The van der Waals surface area contributed by atoms with Crippen molar-refractivity contribution >= 4 is 31.8 Å². The number of aromatic amines is 2. The first-order valence-corrected chi connectivity index (χ1v) is 13.6. The molecule has 6 aromatic rings. The van der Waals surface area contributed by atoms with Crippen LogP contribution in [0.1, 0.15) is 11.4 Å². The van der Waals surface area contributed by atoms with Crippen LogP contribution in [0.3, 0.4) is 0 Å². The van der Waals surface area contributed by atoms with Gasteiger partial charge in [-0.05, 0) is 48.4 Å². The van der Waals surface area contributed by atoms with E-state index in [4.69, 9.17) is 0 Å². The van der Waals surface area contributed by atoms with Crippen LogP contribution in [0, 0.1) is 12.7 Å². The van der Waals surface area contributed by atoms with E-state index in [1.807, 2.05) is 30.7 Å². The molecule has 192 valence electrons. The number of nitrogens with one attached hydrogen (secondary N) is 3. The maximum Gasteiger partial charge on any atom is 0.209 e. The standard InChI is InChI=1S/C26H23FN8O2S/c1-14-29-13-25(35(14)2)21-8-19-24(12-30-21)33-34-26(19)22-7-18-20(10-28-11-23(18)32-22)16-4-15(5-17(27)6-16)9-31-38(3,36)37/h4-8,10-13,31-32H,9H2,1-3H3,(H,33,34). The highest BCUT2D eigenvalue weighted by atomic mass is 32.2. The van der Waals surface area contributed by atoms with Gasteiger partial charge < -0.3 is 9.55 Å². The van der Waals surface area contributed by atoms with Crippen LogP contribution < -0.4 is 4.72 Å². The average Bonchev–Trinajstić information content (AvgIpc) is 3.58. The van der Waals surface area contributed by atoms with E-state index in [0.717, 1.165) is 51.0 Å². The Labute approximate surface area is 217 Å². The van der Waals surface area contributed by atoms with E-state index in [9.17, 15) is 12.8 Å². The van der Waals surface area contributed by atoms with E-state index in [1.54, 1.807) is 30.9 Å². The van der Waals surface area contributed by atoms with Crippen molar-refractivity contribution in [2.75, 3.05) is 6.26 Å². The SMILES string of the molecule is Cc1ncc(-c2cc3c(-c4cc5c(-c6cc(F)cc(CNS(C)(=O)=O)c6)cncc5[nH]4)n[nH]c3cn2)n1C. The van der Waals surface area contributed by atoms with Gasteiger partial charge in [0.2, 0.25) is 10.0 Å². The second-order valence-corrected chi connectivity index (χ2v) is 11.0. The van der Waals surface area contributed by atoms with Crippen molar-refractivity contribution in [2.24, 2.45) is 7.05 Å². The molecule has 0 fully saturated rings. The molecule has 10 nitrogen and oxygen atoms in total. The minimum absolute atomic E-state index is 0.0167. The minimum Gasteiger partial charge on any atom is -0.352 e. The molecule has 5 heterocycles. The van der Waals surface area contributed by atoms with E-state index in [2.05, 4.69) is 34.9 Å². The second-order valence-electron chi connectivity index (χ2n) is 9.21. The minimum atomic E-state index is -3.42. The fourth-order valence-corrected chi connectivity index (χ4v) is 4.96. The highest BCUT2D eigenvalue weighted by Gasteiger charge is 2.17. The van der Waals surface area contributed by atoms with Crippen LogP contribution in [0.4, 0.5) is 4.39 Å². The van der Waals surface area contributed by atoms with E-state index >= 15 is 0 Å². The number of pyridine rings is 2. The van der Waals surface area contributed by atoms with Crippen molar-refractivity contribution < 1.29 is 12.8 Å². The number of rotatable bonds is 6. The van der Waals surface area contributed by atoms with Crippen molar-refractivity contribution in [3.05, 3.63) is 72.3 Å². The Balaban J connectivity index is 1.44. The third-order valence-electron chi connectivity index (χ3n) is 6.54. The van der Waals surface area contributed by atoms with Crippen molar-refractivity contribution in [1.29, 1.82) is 0 Å². The molecule has 0 saturated heterocycles. The smallest absolute Gasteiger partial charge is 0.209 e. The van der Waals surface area contributed by atoms with Gasteiger partial charge in [0.15, 0.2) is 0 Å². The summed E-state index contributed by atoms with van der Waals surface area (Å²) in [7, 11) is -1.47. The summed E-state index contributed by atoms with van der Waals surface area (Å²) in [5.41, 5.74) is 6.47. The average molecular weight is 531 g/mol. The summed E-state index contributed by atoms with van der Waals surface area (Å²) >= 11 is 0. The fourth-order valence-electron chi connectivity index (χ4n) is 4.53. The number of nitrogens with zero attached hydrogens (tertiary/aromatic N) is 5. The Morgan fingerprint density at radius 3 is 2.61 bits per heavy atom. The lowest BCUT2D eigenvalue weighted by Gasteiger charge is -2.08. The van der Waals surface area contributed by atoms with Crippen LogP contribution in [-0.4, -0.2) is 49.4 Å². The molecule has 0 bridgehead atoms. The lowest BCUT2D eigenvalue weighted by Crippen LogP contribution is -2.21. The molecule has 1 aromatic carbocycles. The predicted octanol–water partition coefficient (Wildman–Crippen LogP) is 4.07. The fraction of sp³-hybridized carbons (Fsp3) is 0.154.